The molecule has 2 rings (SSSR count). The van der Waals surface area contributed by atoms with Crippen LogP contribution in [0.4, 0.5) is 5.69 Å². The number of rotatable bonds is 6. The average Bonchev–Trinajstić information content (AvgIpc) is 2.80. The second-order valence-corrected chi connectivity index (χ2v) is 6.20. The molecule has 23 heavy (non-hydrogen) atoms. The molecule has 0 bridgehead atoms. The molecule has 8 nitrogen and oxygen atoms in total. The zero-order valence-corrected chi connectivity index (χ0v) is 13.7. The van der Waals surface area contributed by atoms with E-state index in [1.165, 1.54) is 11.1 Å². The van der Waals surface area contributed by atoms with Crippen LogP contribution in [-0.2, 0) is 11.3 Å². The van der Waals surface area contributed by atoms with E-state index in [-0.39, 0.29) is 24.1 Å². The van der Waals surface area contributed by atoms with Gasteiger partial charge in [0.05, 0.1) is 11.5 Å². The highest BCUT2D eigenvalue weighted by molar-refractivity contribution is 5.76. The van der Waals surface area contributed by atoms with E-state index in [0.29, 0.717) is 30.4 Å². The molecule has 128 valence electrons. The van der Waals surface area contributed by atoms with Crippen LogP contribution in [0.1, 0.15) is 43.5 Å². The van der Waals surface area contributed by atoms with Gasteiger partial charge in [0.25, 0.3) is 0 Å². The minimum atomic E-state index is -0.428. The first-order valence-electron chi connectivity index (χ1n) is 8.11. The second-order valence-electron chi connectivity index (χ2n) is 6.20. The lowest BCUT2D eigenvalue weighted by molar-refractivity contribution is -0.386. The van der Waals surface area contributed by atoms with Crippen LogP contribution in [0.5, 0.6) is 0 Å². The minimum absolute atomic E-state index is 0.0286. The molecule has 0 radical (unpaired) electrons. The Morgan fingerprint density at radius 1 is 1.43 bits per heavy atom. The monoisotopic (exact) mass is 323 g/mol. The maximum atomic E-state index is 12.2. The zero-order valence-electron chi connectivity index (χ0n) is 13.7. The summed E-state index contributed by atoms with van der Waals surface area (Å²) in [6.07, 6.45) is 4.58. The van der Waals surface area contributed by atoms with Crippen LogP contribution in [0.3, 0.4) is 0 Å². The lowest BCUT2D eigenvalue weighted by Crippen LogP contribution is -2.44. The molecule has 1 aromatic heterocycles. The van der Waals surface area contributed by atoms with Crippen LogP contribution in [0.15, 0.2) is 0 Å². The Kier molecular flexibility index (Phi) is 5.70. The molecule has 8 heteroatoms. The number of hydrogen-bond donors (Lipinski definition) is 2. The molecule has 1 heterocycles. The molecule has 1 fully saturated rings. The summed E-state index contributed by atoms with van der Waals surface area (Å²) < 4.78 is 1.54. The Hall–Kier alpha value is -1.96. The topological polar surface area (TPSA) is 116 Å². The van der Waals surface area contributed by atoms with Gasteiger partial charge in [-0.1, -0.05) is 12.8 Å². The Morgan fingerprint density at radius 2 is 2.13 bits per heavy atom. The Morgan fingerprint density at radius 3 is 2.74 bits per heavy atom. The fraction of sp³-hybridized carbons (Fsp3) is 0.733. The summed E-state index contributed by atoms with van der Waals surface area (Å²) in [6.45, 7) is 4.19. The third kappa shape index (κ3) is 4.07. The number of nitrogens with zero attached hydrogens (tertiary/aromatic N) is 3. The molecule has 2 unspecified atom stereocenters. The fourth-order valence-corrected chi connectivity index (χ4v) is 3.34. The van der Waals surface area contributed by atoms with E-state index < -0.39 is 4.92 Å². The van der Waals surface area contributed by atoms with Crippen molar-refractivity contribution in [1.82, 2.24) is 15.1 Å². The van der Waals surface area contributed by atoms with E-state index in [0.717, 1.165) is 19.3 Å². The standard InChI is InChI=1S/C15H25N5O3/c1-10-15(20(22)23)11(2)19(18-10)8-7-14(21)17-13-6-4-3-5-12(13)9-16/h12-13H,3-9,16H2,1-2H3,(H,17,21). The molecule has 0 aromatic carbocycles. The largest absolute Gasteiger partial charge is 0.353 e. The number of aryl methyl sites for hydroxylation is 2. The van der Waals surface area contributed by atoms with Gasteiger partial charge in [-0.15, -0.1) is 0 Å². The highest BCUT2D eigenvalue weighted by Gasteiger charge is 2.26. The zero-order chi connectivity index (χ0) is 17.0. The van der Waals surface area contributed by atoms with Crippen molar-refractivity contribution in [3.8, 4) is 0 Å². The summed E-state index contributed by atoms with van der Waals surface area (Å²) >= 11 is 0. The normalized spacial score (nSPS) is 21.2. The predicted octanol–water partition coefficient (Wildman–Crippen LogP) is 1.43. The van der Waals surface area contributed by atoms with Crippen molar-refractivity contribution in [2.24, 2.45) is 11.7 Å². The number of carbonyl (C=O) groups is 1. The highest BCUT2D eigenvalue weighted by atomic mass is 16.6. The van der Waals surface area contributed by atoms with Crippen molar-refractivity contribution in [2.75, 3.05) is 6.54 Å². The number of amides is 1. The fourth-order valence-electron chi connectivity index (χ4n) is 3.34. The molecule has 1 saturated carbocycles. The van der Waals surface area contributed by atoms with Crippen LogP contribution in [0.25, 0.3) is 0 Å². The maximum Gasteiger partial charge on any atom is 0.312 e. The third-order valence-corrected chi connectivity index (χ3v) is 4.63. The van der Waals surface area contributed by atoms with E-state index in [4.69, 9.17) is 5.73 Å². The molecule has 0 saturated heterocycles. The third-order valence-electron chi connectivity index (χ3n) is 4.63. The summed E-state index contributed by atoms with van der Waals surface area (Å²) in [5, 5.41) is 18.2. The average molecular weight is 323 g/mol. The molecular formula is C15H25N5O3. The smallest absolute Gasteiger partial charge is 0.312 e. The van der Waals surface area contributed by atoms with Gasteiger partial charge in [-0.25, -0.2) is 0 Å². The summed E-state index contributed by atoms with van der Waals surface area (Å²) in [5.74, 6) is 0.299. The molecule has 0 aliphatic heterocycles. The van der Waals surface area contributed by atoms with Crippen LogP contribution in [0.2, 0.25) is 0 Å². The first kappa shape index (κ1) is 17.4. The van der Waals surface area contributed by atoms with E-state index in [2.05, 4.69) is 10.4 Å². The molecular weight excluding hydrogens is 298 g/mol. The number of aromatic nitrogens is 2. The Bertz CT molecular complexity index is 584. The van der Waals surface area contributed by atoms with E-state index in [9.17, 15) is 14.9 Å². The number of hydrogen-bond acceptors (Lipinski definition) is 5. The highest BCUT2D eigenvalue weighted by Crippen LogP contribution is 2.24. The van der Waals surface area contributed by atoms with Crippen LogP contribution >= 0.6 is 0 Å². The molecule has 1 amide bonds. The maximum absolute atomic E-state index is 12.2. The van der Waals surface area contributed by atoms with Gasteiger partial charge in [0.15, 0.2) is 0 Å². The Balaban J connectivity index is 1.92. The number of nitrogens with two attached hydrogens (primary N) is 1. The van der Waals surface area contributed by atoms with Crippen LogP contribution in [0, 0.1) is 29.9 Å². The van der Waals surface area contributed by atoms with Gasteiger partial charge in [-0.05, 0) is 39.2 Å². The van der Waals surface area contributed by atoms with Crippen LogP contribution in [-0.4, -0.2) is 33.2 Å². The summed E-state index contributed by atoms with van der Waals surface area (Å²) in [4.78, 5) is 22.7. The second kappa shape index (κ2) is 7.54. The van der Waals surface area contributed by atoms with E-state index in [1.807, 2.05) is 0 Å². The quantitative estimate of drug-likeness (QED) is 0.607. The molecule has 1 aliphatic carbocycles. The molecule has 1 aliphatic rings. The van der Waals surface area contributed by atoms with Gasteiger partial charge in [0.1, 0.15) is 11.4 Å². The summed E-state index contributed by atoms with van der Waals surface area (Å²) in [6, 6.07) is 0.149. The number of nitro groups is 1. The van der Waals surface area contributed by atoms with E-state index in [1.54, 1.807) is 13.8 Å². The summed E-state index contributed by atoms with van der Waals surface area (Å²) in [5.41, 5.74) is 6.66. The molecule has 1 aromatic rings. The lowest BCUT2D eigenvalue weighted by atomic mass is 9.84. The SMILES string of the molecule is Cc1nn(CCC(=O)NC2CCCCC2CN)c(C)c1[N+](=O)[O-]. The van der Waals surface area contributed by atoms with Gasteiger partial charge < -0.3 is 11.1 Å². The van der Waals surface area contributed by atoms with Crippen molar-refractivity contribution in [1.29, 1.82) is 0 Å². The lowest BCUT2D eigenvalue weighted by Gasteiger charge is -2.31. The minimum Gasteiger partial charge on any atom is -0.353 e. The first-order chi connectivity index (χ1) is 10.9. The molecule has 2 atom stereocenters. The van der Waals surface area contributed by atoms with Gasteiger partial charge in [-0.2, -0.15) is 5.10 Å². The van der Waals surface area contributed by atoms with Gasteiger partial charge >= 0.3 is 5.69 Å². The van der Waals surface area contributed by atoms with Crippen molar-refractivity contribution < 1.29 is 9.72 Å². The van der Waals surface area contributed by atoms with Gasteiger partial charge in [0.2, 0.25) is 5.91 Å². The number of nitrogens with one attached hydrogen (secondary N) is 1. The van der Waals surface area contributed by atoms with Crippen LogP contribution < -0.4 is 11.1 Å². The van der Waals surface area contributed by atoms with Crippen molar-refractivity contribution >= 4 is 11.6 Å². The molecule has 3 N–H and O–H groups in total. The van der Waals surface area contributed by atoms with Crippen molar-refractivity contribution in [3.63, 3.8) is 0 Å². The number of carbonyl (C=O) groups excluding carboxylic acids is 1. The van der Waals surface area contributed by atoms with Gasteiger partial charge in [0, 0.05) is 12.5 Å². The van der Waals surface area contributed by atoms with E-state index >= 15 is 0 Å². The van der Waals surface area contributed by atoms with Gasteiger partial charge in [-0.3, -0.25) is 19.6 Å². The molecule has 0 spiro atoms. The van der Waals surface area contributed by atoms with Crippen molar-refractivity contribution in [3.05, 3.63) is 21.5 Å². The van der Waals surface area contributed by atoms with Crippen molar-refractivity contribution in [2.45, 2.75) is 58.5 Å². The Labute approximate surface area is 135 Å². The first-order valence-corrected chi connectivity index (χ1v) is 8.11. The summed E-state index contributed by atoms with van der Waals surface area (Å²) in [7, 11) is 0. The predicted molar refractivity (Wildman–Crippen MR) is 85.9 cm³/mol.